The highest BCUT2D eigenvalue weighted by Gasteiger charge is 2.40. The molecule has 1 aliphatic heterocycles. The van der Waals surface area contributed by atoms with Crippen molar-refractivity contribution in [3.05, 3.63) is 0 Å². The summed E-state index contributed by atoms with van der Waals surface area (Å²) in [6.07, 6.45) is 4.29. The van der Waals surface area contributed by atoms with Crippen LogP contribution in [0.2, 0.25) is 0 Å². The lowest BCUT2D eigenvalue weighted by atomic mass is 9.77. The molecule has 2 atom stereocenters. The highest BCUT2D eigenvalue weighted by Crippen LogP contribution is 2.39. The Kier molecular flexibility index (Phi) is 7.66. The molecule has 0 saturated carbocycles. The van der Waals surface area contributed by atoms with E-state index in [2.05, 4.69) is 44.8 Å². The molecule has 18 heavy (non-hydrogen) atoms. The number of hydrogen-bond acceptors (Lipinski definition) is 3. The lowest BCUT2D eigenvalue weighted by molar-refractivity contribution is 0.0579. The first-order valence-corrected chi connectivity index (χ1v) is 8.66. The molecular formula is C15H31NOS. The summed E-state index contributed by atoms with van der Waals surface area (Å²) in [5, 5.41) is 3.65. The fourth-order valence-corrected chi connectivity index (χ4v) is 3.39. The zero-order chi connectivity index (χ0) is 13.4. The predicted molar refractivity (Wildman–Crippen MR) is 82.4 cm³/mol. The highest BCUT2D eigenvalue weighted by molar-refractivity contribution is 7.99. The van der Waals surface area contributed by atoms with Gasteiger partial charge in [0.25, 0.3) is 0 Å². The molecule has 3 heteroatoms. The minimum Gasteiger partial charge on any atom is -0.378 e. The van der Waals surface area contributed by atoms with Crippen molar-refractivity contribution in [2.75, 3.05) is 31.2 Å². The van der Waals surface area contributed by atoms with E-state index < -0.39 is 0 Å². The van der Waals surface area contributed by atoms with Crippen molar-refractivity contribution in [2.24, 2.45) is 11.3 Å². The minimum absolute atomic E-state index is 0.392. The van der Waals surface area contributed by atoms with E-state index in [0.29, 0.717) is 11.5 Å². The predicted octanol–water partition coefficient (Wildman–Crippen LogP) is 3.56. The Balaban J connectivity index is 2.38. The van der Waals surface area contributed by atoms with Crippen molar-refractivity contribution in [3.8, 4) is 0 Å². The van der Waals surface area contributed by atoms with Gasteiger partial charge >= 0.3 is 0 Å². The van der Waals surface area contributed by atoms with Crippen LogP contribution in [-0.2, 0) is 4.74 Å². The molecule has 1 saturated heterocycles. The molecule has 0 radical (unpaired) electrons. The van der Waals surface area contributed by atoms with E-state index in [1.165, 1.54) is 30.8 Å². The molecule has 1 aliphatic rings. The van der Waals surface area contributed by atoms with E-state index in [4.69, 9.17) is 4.74 Å². The summed E-state index contributed by atoms with van der Waals surface area (Å²) in [6.45, 7) is 12.2. The Morgan fingerprint density at radius 1 is 1.44 bits per heavy atom. The first-order chi connectivity index (χ1) is 8.60. The second-order valence-electron chi connectivity index (χ2n) is 5.95. The number of ether oxygens (including phenoxy) is 1. The molecule has 1 fully saturated rings. The zero-order valence-corrected chi connectivity index (χ0v) is 13.4. The fourth-order valence-electron chi connectivity index (χ4n) is 2.75. The fraction of sp³-hybridized carbons (Fsp3) is 1.00. The van der Waals surface area contributed by atoms with Gasteiger partial charge in [-0.15, -0.1) is 0 Å². The second kappa shape index (κ2) is 8.44. The number of nitrogens with one attached hydrogen (secondary N) is 1. The molecule has 0 aliphatic carbocycles. The van der Waals surface area contributed by atoms with Crippen LogP contribution < -0.4 is 5.32 Å². The minimum atomic E-state index is 0.392. The maximum Gasteiger partial charge on any atom is 0.0616 e. The van der Waals surface area contributed by atoms with Gasteiger partial charge in [0, 0.05) is 18.6 Å². The van der Waals surface area contributed by atoms with Gasteiger partial charge in [0.2, 0.25) is 0 Å². The molecule has 0 bridgehead atoms. The maximum absolute atomic E-state index is 5.84. The molecule has 0 aromatic carbocycles. The van der Waals surface area contributed by atoms with Crippen LogP contribution in [0.15, 0.2) is 0 Å². The Bertz CT molecular complexity index is 223. The molecular weight excluding hydrogens is 242 g/mol. The molecule has 0 amide bonds. The molecule has 2 unspecified atom stereocenters. The Morgan fingerprint density at radius 3 is 2.78 bits per heavy atom. The Hall–Kier alpha value is 0.270. The van der Waals surface area contributed by atoms with Crippen LogP contribution in [0.4, 0.5) is 0 Å². The number of thioether (sulfide) groups is 1. The van der Waals surface area contributed by atoms with E-state index in [1.54, 1.807) is 0 Å². The van der Waals surface area contributed by atoms with Gasteiger partial charge in [-0.25, -0.2) is 0 Å². The first-order valence-electron chi connectivity index (χ1n) is 7.51. The average Bonchev–Trinajstić information content (AvgIpc) is 2.67. The van der Waals surface area contributed by atoms with Crippen LogP contribution in [0.5, 0.6) is 0 Å². The third-order valence-electron chi connectivity index (χ3n) is 4.03. The monoisotopic (exact) mass is 273 g/mol. The summed E-state index contributed by atoms with van der Waals surface area (Å²) in [5.74, 6) is 3.27. The molecule has 108 valence electrons. The Morgan fingerprint density at radius 2 is 2.22 bits per heavy atom. The third-order valence-corrected chi connectivity index (χ3v) is 5.01. The molecule has 1 heterocycles. The molecule has 1 N–H and O–H groups in total. The van der Waals surface area contributed by atoms with Gasteiger partial charge in [-0.3, -0.25) is 0 Å². The molecule has 0 aromatic rings. The number of hydrogen-bond donors (Lipinski definition) is 1. The van der Waals surface area contributed by atoms with Crippen molar-refractivity contribution >= 4 is 11.8 Å². The van der Waals surface area contributed by atoms with Gasteiger partial charge in [-0.2, -0.15) is 11.8 Å². The van der Waals surface area contributed by atoms with Gasteiger partial charge in [-0.1, -0.05) is 20.8 Å². The summed E-state index contributed by atoms with van der Waals surface area (Å²) in [7, 11) is 0. The molecule has 1 rings (SSSR count). The van der Waals surface area contributed by atoms with E-state index in [-0.39, 0.29) is 0 Å². The molecule has 2 nitrogen and oxygen atoms in total. The normalized spacial score (nSPS) is 28.2. The standard InChI is InChI=1S/C15H31NOS/c1-5-18-10-6-7-15(8-9-17-14(15)4)12-16-11-13(2)3/h13-14,16H,5-12H2,1-4H3. The van der Waals surface area contributed by atoms with Gasteiger partial charge in [-0.05, 0) is 50.2 Å². The SMILES string of the molecule is CCSCCCC1(CNCC(C)C)CCOC1C. The van der Waals surface area contributed by atoms with E-state index in [9.17, 15) is 0 Å². The summed E-state index contributed by atoms with van der Waals surface area (Å²) < 4.78 is 5.84. The van der Waals surface area contributed by atoms with Crippen LogP contribution in [-0.4, -0.2) is 37.3 Å². The molecule has 0 aromatic heterocycles. The van der Waals surface area contributed by atoms with Crippen LogP contribution >= 0.6 is 11.8 Å². The zero-order valence-electron chi connectivity index (χ0n) is 12.6. The smallest absolute Gasteiger partial charge is 0.0616 e. The van der Waals surface area contributed by atoms with Crippen molar-refractivity contribution in [3.63, 3.8) is 0 Å². The lowest BCUT2D eigenvalue weighted by Crippen LogP contribution is -2.40. The van der Waals surface area contributed by atoms with E-state index >= 15 is 0 Å². The van der Waals surface area contributed by atoms with Crippen molar-refractivity contribution in [2.45, 2.75) is 53.1 Å². The van der Waals surface area contributed by atoms with E-state index in [1.807, 2.05) is 0 Å². The largest absolute Gasteiger partial charge is 0.378 e. The van der Waals surface area contributed by atoms with Gasteiger partial charge in [0.15, 0.2) is 0 Å². The summed E-state index contributed by atoms with van der Waals surface area (Å²) >= 11 is 2.06. The second-order valence-corrected chi connectivity index (χ2v) is 7.34. The van der Waals surface area contributed by atoms with Crippen molar-refractivity contribution in [1.82, 2.24) is 5.32 Å². The highest BCUT2D eigenvalue weighted by atomic mass is 32.2. The van der Waals surface area contributed by atoms with Crippen molar-refractivity contribution in [1.29, 1.82) is 0 Å². The van der Waals surface area contributed by atoms with Gasteiger partial charge in [0.05, 0.1) is 6.10 Å². The quantitative estimate of drug-likeness (QED) is 0.649. The van der Waals surface area contributed by atoms with Crippen LogP contribution in [0.25, 0.3) is 0 Å². The van der Waals surface area contributed by atoms with Gasteiger partial charge < -0.3 is 10.1 Å². The topological polar surface area (TPSA) is 21.3 Å². The van der Waals surface area contributed by atoms with Crippen LogP contribution in [0, 0.1) is 11.3 Å². The summed E-state index contributed by atoms with van der Waals surface area (Å²) in [5.41, 5.74) is 0.392. The average molecular weight is 273 g/mol. The van der Waals surface area contributed by atoms with E-state index in [0.717, 1.165) is 25.6 Å². The van der Waals surface area contributed by atoms with Crippen LogP contribution in [0.3, 0.4) is 0 Å². The van der Waals surface area contributed by atoms with Crippen molar-refractivity contribution < 1.29 is 4.74 Å². The summed E-state index contributed by atoms with van der Waals surface area (Å²) in [6, 6.07) is 0. The first kappa shape index (κ1) is 16.3. The number of rotatable bonds is 9. The molecule has 0 spiro atoms. The maximum atomic E-state index is 5.84. The lowest BCUT2D eigenvalue weighted by Gasteiger charge is -2.33. The summed E-state index contributed by atoms with van der Waals surface area (Å²) in [4.78, 5) is 0. The Labute approximate surface area is 118 Å². The van der Waals surface area contributed by atoms with Crippen LogP contribution in [0.1, 0.15) is 47.0 Å². The van der Waals surface area contributed by atoms with Gasteiger partial charge in [0.1, 0.15) is 0 Å². The third kappa shape index (κ3) is 5.10.